The van der Waals surface area contributed by atoms with Crippen molar-refractivity contribution in [3.8, 4) is 0 Å². The number of hydrogen-bond donors (Lipinski definition) is 3. The Hall–Kier alpha value is -0.990. The van der Waals surface area contributed by atoms with Crippen LogP contribution in [0.1, 0.15) is 59.3 Å². The Morgan fingerprint density at radius 3 is 2.86 bits per heavy atom. The van der Waals surface area contributed by atoms with Gasteiger partial charge in [-0.15, -0.1) is 0 Å². The van der Waals surface area contributed by atoms with Crippen molar-refractivity contribution in [3.63, 3.8) is 0 Å². The first-order valence-electron chi connectivity index (χ1n) is 10.6. The zero-order chi connectivity index (χ0) is 20.4. The summed E-state index contributed by atoms with van der Waals surface area (Å²) in [5.41, 5.74) is 15.9. The third-order valence-corrected chi connectivity index (χ3v) is 7.87. The molecule has 0 bridgehead atoms. The molecule has 1 unspecified atom stereocenters. The summed E-state index contributed by atoms with van der Waals surface area (Å²) in [6.07, 6.45) is 12.9. The normalized spacial score (nSPS) is 21.8. The van der Waals surface area contributed by atoms with Gasteiger partial charge in [0.1, 0.15) is 0 Å². The van der Waals surface area contributed by atoms with Gasteiger partial charge in [-0.3, -0.25) is 0 Å². The van der Waals surface area contributed by atoms with Crippen molar-refractivity contribution < 1.29 is 25.9 Å². The van der Waals surface area contributed by atoms with Crippen LogP contribution >= 0.6 is 0 Å². The Morgan fingerprint density at radius 2 is 2.18 bits per heavy atom. The van der Waals surface area contributed by atoms with Crippen molar-refractivity contribution in [2.45, 2.75) is 65.6 Å². The van der Waals surface area contributed by atoms with Crippen LogP contribution in [0.15, 0.2) is 45.2 Å². The van der Waals surface area contributed by atoms with Gasteiger partial charge >= 0.3 is 175 Å². The van der Waals surface area contributed by atoms with Gasteiger partial charge < -0.3 is 0 Å². The molecular formula is C22H38IN4O-. The predicted molar refractivity (Wildman–Crippen MR) is 113 cm³/mol. The number of hydrogen-bond acceptors (Lipinski definition) is 5. The molecule has 0 saturated heterocycles. The van der Waals surface area contributed by atoms with E-state index in [2.05, 4.69) is 53.4 Å². The summed E-state index contributed by atoms with van der Waals surface area (Å²) in [5.74, 6) is 1.29. The summed E-state index contributed by atoms with van der Waals surface area (Å²) in [4.78, 5) is 2.34. The van der Waals surface area contributed by atoms with Crippen LogP contribution in [0.25, 0.3) is 0 Å². The minimum absolute atomic E-state index is 0.196. The van der Waals surface area contributed by atoms with Crippen LogP contribution in [0.3, 0.4) is 0 Å². The average molecular weight is 501 g/mol. The van der Waals surface area contributed by atoms with Gasteiger partial charge in [-0.25, -0.2) is 0 Å². The summed E-state index contributed by atoms with van der Waals surface area (Å²) in [6, 6.07) is 0. The molecule has 2 heterocycles. The van der Waals surface area contributed by atoms with Crippen LogP contribution in [0.5, 0.6) is 0 Å². The van der Waals surface area contributed by atoms with E-state index in [-0.39, 0.29) is 21.2 Å². The Balaban J connectivity index is 2.15. The van der Waals surface area contributed by atoms with Gasteiger partial charge in [0.25, 0.3) is 0 Å². The summed E-state index contributed by atoms with van der Waals surface area (Å²) in [5, 5.41) is 3.17. The molecule has 0 spiro atoms. The maximum atomic E-state index is 6.14. The number of rotatable bonds is 11. The van der Waals surface area contributed by atoms with E-state index >= 15 is 0 Å². The van der Waals surface area contributed by atoms with Crippen molar-refractivity contribution in [2.24, 2.45) is 17.4 Å². The van der Waals surface area contributed by atoms with Crippen LogP contribution in [-0.2, 0) is 4.74 Å². The maximum absolute atomic E-state index is 6.14. The van der Waals surface area contributed by atoms with Gasteiger partial charge in [0.05, 0.1) is 0 Å². The Bertz CT molecular complexity index is 610. The van der Waals surface area contributed by atoms with Crippen molar-refractivity contribution in [1.29, 1.82) is 0 Å². The average Bonchev–Trinajstić information content (AvgIpc) is 2.68. The Morgan fingerprint density at radius 1 is 1.36 bits per heavy atom. The summed E-state index contributed by atoms with van der Waals surface area (Å²) < 4.78 is 9.84. The molecule has 2 aliphatic heterocycles. The fraction of sp³-hybridized carbons (Fsp3) is 0.636. The number of allylic oxidation sites excluding steroid dienone is 4. The van der Waals surface area contributed by atoms with E-state index in [1.54, 1.807) is 5.57 Å². The van der Waals surface area contributed by atoms with E-state index in [1.807, 2.05) is 0 Å². The first-order valence-corrected chi connectivity index (χ1v) is 13.3. The second-order valence-corrected chi connectivity index (χ2v) is 9.87. The third kappa shape index (κ3) is 7.79. The predicted octanol–water partition coefficient (Wildman–Crippen LogP) is 0.721. The fourth-order valence-corrected chi connectivity index (χ4v) is 5.66. The molecule has 160 valence electrons. The molecule has 5 N–H and O–H groups in total. The minimum atomic E-state index is -0.625. The molecule has 2 rings (SSSR count). The molecule has 0 fully saturated rings. The van der Waals surface area contributed by atoms with Crippen LogP contribution < -0.4 is 38.0 Å². The molecule has 0 aliphatic carbocycles. The fourth-order valence-electron chi connectivity index (χ4n) is 3.40. The standard InChI is InChI=1S/C22H38IN4O/c1-4-6-7-12-28-21(26-22(24)25)20-14-18(5-2)8-10-27(20)11-9-19-13-17(3)15-23-16-19/h8,10,13,15,18,22,26H,4-7,9,11-12,14,16,24-25H2,1-3H3/q-1/b21-20-. The van der Waals surface area contributed by atoms with Gasteiger partial charge in [-0.05, 0) is 0 Å². The zero-order valence-corrected chi connectivity index (χ0v) is 19.9. The van der Waals surface area contributed by atoms with Crippen LogP contribution in [0.2, 0.25) is 0 Å². The van der Waals surface area contributed by atoms with Crippen molar-refractivity contribution in [3.05, 3.63) is 45.2 Å². The van der Waals surface area contributed by atoms with Crippen molar-refractivity contribution in [1.82, 2.24) is 10.2 Å². The molecule has 0 saturated carbocycles. The molecule has 6 heteroatoms. The third-order valence-electron chi connectivity index (χ3n) is 5.02. The molecule has 28 heavy (non-hydrogen) atoms. The van der Waals surface area contributed by atoms with Crippen molar-refractivity contribution >= 4 is 0 Å². The Kier molecular flexibility index (Phi) is 10.4. The monoisotopic (exact) mass is 501 g/mol. The molecule has 2 aliphatic rings. The van der Waals surface area contributed by atoms with Gasteiger partial charge in [0, 0.05) is 0 Å². The second-order valence-electron chi connectivity index (χ2n) is 7.60. The van der Waals surface area contributed by atoms with E-state index in [4.69, 9.17) is 16.2 Å². The number of unbranched alkanes of at least 4 members (excludes halogenated alkanes) is 2. The van der Waals surface area contributed by atoms with E-state index in [0.717, 1.165) is 38.1 Å². The second kappa shape index (κ2) is 12.5. The van der Waals surface area contributed by atoms with E-state index in [0.29, 0.717) is 12.5 Å². The molecule has 0 radical (unpaired) electrons. The molecule has 5 nitrogen and oxygen atoms in total. The summed E-state index contributed by atoms with van der Waals surface area (Å²) in [7, 11) is 0. The molecule has 1 atom stereocenters. The number of nitrogens with zero attached hydrogens (tertiary/aromatic N) is 1. The van der Waals surface area contributed by atoms with E-state index < -0.39 is 6.29 Å². The molecule has 0 aromatic heterocycles. The number of ether oxygens (including phenoxy) is 1. The molecule has 0 aromatic rings. The molecular weight excluding hydrogens is 463 g/mol. The SMILES string of the molecule is CCCCCO/C(NC(N)N)=C1/CC(CC)C=CN1CCC1=CC(C)=C[I-]C1. The number of alkyl halides is 1. The quantitative estimate of drug-likeness (QED) is 0.128. The van der Waals surface area contributed by atoms with E-state index in [1.165, 1.54) is 28.5 Å². The number of halogens is 1. The van der Waals surface area contributed by atoms with E-state index in [9.17, 15) is 0 Å². The van der Waals surface area contributed by atoms with Gasteiger partial charge in [-0.2, -0.15) is 0 Å². The van der Waals surface area contributed by atoms with Gasteiger partial charge in [-0.1, -0.05) is 6.92 Å². The van der Waals surface area contributed by atoms with Crippen LogP contribution in [-0.4, -0.2) is 28.8 Å². The zero-order valence-electron chi connectivity index (χ0n) is 17.7. The summed E-state index contributed by atoms with van der Waals surface area (Å²) >= 11 is 0.196. The molecule has 0 aromatic carbocycles. The van der Waals surface area contributed by atoms with Gasteiger partial charge in [0.15, 0.2) is 0 Å². The molecule has 0 amide bonds. The Labute approximate surface area is 181 Å². The van der Waals surface area contributed by atoms with Crippen molar-refractivity contribution in [2.75, 3.05) is 17.6 Å². The number of nitrogens with one attached hydrogen (secondary N) is 1. The first-order chi connectivity index (χ1) is 13.5. The summed E-state index contributed by atoms with van der Waals surface area (Å²) in [6.45, 7) is 8.31. The van der Waals surface area contributed by atoms with Crippen LogP contribution in [0.4, 0.5) is 0 Å². The van der Waals surface area contributed by atoms with Gasteiger partial charge in [0.2, 0.25) is 0 Å². The number of nitrogens with two attached hydrogens (primary N) is 2. The topological polar surface area (TPSA) is 76.5 Å². The van der Waals surface area contributed by atoms with Crippen LogP contribution in [0, 0.1) is 5.92 Å². The first kappa shape index (κ1) is 23.3.